The fourth-order valence-electron chi connectivity index (χ4n) is 2.72. The van der Waals surface area contributed by atoms with Gasteiger partial charge in [-0.25, -0.2) is 0 Å². The predicted molar refractivity (Wildman–Crippen MR) is 79.0 cm³/mol. The normalized spacial score (nSPS) is 24.2. The third kappa shape index (κ3) is 5.47. The summed E-state index contributed by atoms with van der Waals surface area (Å²) >= 11 is 0. The van der Waals surface area contributed by atoms with Crippen LogP contribution < -0.4 is 11.1 Å². The number of hydrogen-bond donors (Lipinski definition) is 2. The molecule has 1 rings (SSSR count). The summed E-state index contributed by atoms with van der Waals surface area (Å²) < 4.78 is 0. The Labute approximate surface area is 117 Å². The van der Waals surface area contributed by atoms with E-state index in [1.165, 1.54) is 0 Å². The van der Waals surface area contributed by atoms with E-state index in [0.29, 0.717) is 19.0 Å². The number of carbonyl (C=O) groups is 1. The Hall–Kier alpha value is -0.650. The predicted octanol–water partition coefficient (Wildman–Crippen LogP) is 0.254. The van der Waals surface area contributed by atoms with Gasteiger partial charge in [0.2, 0.25) is 5.91 Å². The van der Waals surface area contributed by atoms with Gasteiger partial charge in [-0.2, -0.15) is 0 Å². The van der Waals surface area contributed by atoms with Crippen molar-refractivity contribution >= 4 is 5.91 Å². The van der Waals surface area contributed by atoms with Gasteiger partial charge in [-0.1, -0.05) is 0 Å². The van der Waals surface area contributed by atoms with Gasteiger partial charge in [-0.15, -0.1) is 0 Å². The van der Waals surface area contributed by atoms with E-state index in [1.54, 1.807) is 0 Å². The first kappa shape index (κ1) is 16.4. The van der Waals surface area contributed by atoms with Gasteiger partial charge >= 0.3 is 0 Å². The van der Waals surface area contributed by atoms with Crippen LogP contribution in [0, 0.1) is 0 Å². The smallest absolute Gasteiger partial charge is 0.222 e. The van der Waals surface area contributed by atoms with Crippen molar-refractivity contribution in [3.63, 3.8) is 0 Å². The molecule has 1 fully saturated rings. The van der Waals surface area contributed by atoms with Crippen LogP contribution in [0.2, 0.25) is 0 Å². The first-order valence-electron chi connectivity index (χ1n) is 7.18. The van der Waals surface area contributed by atoms with Gasteiger partial charge in [0.05, 0.1) is 0 Å². The molecule has 0 bridgehead atoms. The highest BCUT2D eigenvalue weighted by molar-refractivity contribution is 5.77. The second-order valence-electron chi connectivity index (χ2n) is 6.74. The number of carbonyl (C=O) groups excluding carboxylic acids is 1. The Morgan fingerprint density at radius 3 is 2.53 bits per heavy atom. The number of piperazine rings is 1. The Kier molecular flexibility index (Phi) is 5.77. The van der Waals surface area contributed by atoms with Crippen LogP contribution in [0.25, 0.3) is 0 Å². The molecule has 0 aromatic rings. The summed E-state index contributed by atoms with van der Waals surface area (Å²) in [5, 5.41) is 3.02. The zero-order valence-corrected chi connectivity index (χ0v) is 13.1. The lowest BCUT2D eigenvalue weighted by molar-refractivity contribution is -0.124. The van der Waals surface area contributed by atoms with Crippen molar-refractivity contribution in [3.8, 4) is 0 Å². The fourth-order valence-corrected chi connectivity index (χ4v) is 2.72. The Morgan fingerprint density at radius 1 is 1.42 bits per heavy atom. The first-order valence-corrected chi connectivity index (χ1v) is 7.18. The summed E-state index contributed by atoms with van der Waals surface area (Å²) in [6, 6.07) is 0.598. The average molecular weight is 270 g/mol. The summed E-state index contributed by atoms with van der Waals surface area (Å²) in [7, 11) is 2.14. The van der Waals surface area contributed by atoms with Crippen LogP contribution in [-0.2, 0) is 4.79 Å². The monoisotopic (exact) mass is 270 g/mol. The van der Waals surface area contributed by atoms with E-state index < -0.39 is 0 Å². The molecule has 5 nitrogen and oxygen atoms in total. The van der Waals surface area contributed by atoms with Crippen molar-refractivity contribution in [2.24, 2.45) is 5.73 Å². The lowest BCUT2D eigenvalue weighted by Gasteiger charge is -2.42. The first-order chi connectivity index (χ1) is 8.73. The van der Waals surface area contributed by atoms with Crippen molar-refractivity contribution < 1.29 is 4.79 Å². The van der Waals surface area contributed by atoms with Gasteiger partial charge in [0, 0.05) is 50.2 Å². The lowest BCUT2D eigenvalue weighted by Crippen LogP contribution is -2.57. The second kappa shape index (κ2) is 6.68. The number of rotatable bonds is 4. The minimum atomic E-state index is -0.177. The van der Waals surface area contributed by atoms with Crippen LogP contribution in [0.3, 0.4) is 0 Å². The number of nitrogens with two attached hydrogens (primary N) is 1. The molecule has 0 aliphatic carbocycles. The standard InChI is InChI=1S/C14H30N4O/c1-11-10-17(5)6-7-18(11)12(9-15)8-13(19)16-14(2,3)4/h11-12H,6-10,15H2,1-5H3,(H,16,19). The Bertz CT molecular complexity index is 300. The molecule has 1 amide bonds. The van der Waals surface area contributed by atoms with E-state index in [9.17, 15) is 4.79 Å². The Morgan fingerprint density at radius 2 is 2.05 bits per heavy atom. The number of hydrogen-bond acceptors (Lipinski definition) is 4. The summed E-state index contributed by atoms with van der Waals surface area (Å²) in [6.45, 7) is 11.8. The van der Waals surface area contributed by atoms with Crippen LogP contribution in [0.4, 0.5) is 0 Å². The minimum Gasteiger partial charge on any atom is -0.351 e. The van der Waals surface area contributed by atoms with Gasteiger partial charge < -0.3 is 16.0 Å². The molecule has 2 unspecified atom stereocenters. The molecular formula is C14H30N4O. The average Bonchev–Trinajstić information content (AvgIpc) is 2.24. The topological polar surface area (TPSA) is 61.6 Å². The molecule has 19 heavy (non-hydrogen) atoms. The van der Waals surface area contributed by atoms with E-state index >= 15 is 0 Å². The minimum absolute atomic E-state index is 0.0917. The Balaban J connectivity index is 2.55. The molecule has 5 heteroatoms. The summed E-state index contributed by atoms with van der Waals surface area (Å²) in [5.41, 5.74) is 5.70. The molecule has 1 heterocycles. The largest absolute Gasteiger partial charge is 0.351 e. The van der Waals surface area contributed by atoms with Crippen molar-refractivity contribution in [3.05, 3.63) is 0 Å². The molecule has 1 aliphatic heterocycles. The molecule has 1 saturated heterocycles. The van der Waals surface area contributed by atoms with Crippen molar-refractivity contribution in [1.82, 2.24) is 15.1 Å². The molecule has 2 atom stereocenters. The van der Waals surface area contributed by atoms with Gasteiger partial charge in [-0.3, -0.25) is 9.69 Å². The number of nitrogens with zero attached hydrogens (tertiary/aromatic N) is 2. The third-order valence-electron chi connectivity index (χ3n) is 3.56. The molecule has 0 saturated carbocycles. The van der Waals surface area contributed by atoms with Crippen LogP contribution in [0.15, 0.2) is 0 Å². The van der Waals surface area contributed by atoms with Crippen LogP contribution in [-0.4, -0.2) is 66.6 Å². The van der Waals surface area contributed by atoms with E-state index in [0.717, 1.165) is 19.6 Å². The van der Waals surface area contributed by atoms with Crippen molar-refractivity contribution in [2.75, 3.05) is 33.2 Å². The second-order valence-corrected chi connectivity index (χ2v) is 6.74. The van der Waals surface area contributed by atoms with Crippen molar-refractivity contribution in [1.29, 1.82) is 0 Å². The number of likely N-dealkylation sites (N-methyl/N-ethyl adjacent to an activating group) is 1. The molecule has 0 aromatic carbocycles. The molecule has 3 N–H and O–H groups in total. The SMILES string of the molecule is CC1CN(C)CCN1C(CN)CC(=O)NC(C)(C)C. The van der Waals surface area contributed by atoms with E-state index in [4.69, 9.17) is 5.73 Å². The fraction of sp³-hybridized carbons (Fsp3) is 0.929. The highest BCUT2D eigenvalue weighted by Crippen LogP contribution is 2.14. The summed E-state index contributed by atoms with van der Waals surface area (Å²) in [5.74, 6) is 0.0917. The maximum absolute atomic E-state index is 12.0. The number of nitrogens with one attached hydrogen (secondary N) is 1. The van der Waals surface area contributed by atoms with Gasteiger partial charge in [0.25, 0.3) is 0 Å². The summed E-state index contributed by atoms with van der Waals surface area (Å²) in [6.07, 6.45) is 0.488. The van der Waals surface area contributed by atoms with E-state index in [1.807, 2.05) is 20.8 Å². The van der Waals surface area contributed by atoms with Gasteiger partial charge in [0.15, 0.2) is 0 Å². The zero-order chi connectivity index (χ0) is 14.6. The van der Waals surface area contributed by atoms with Gasteiger partial charge in [0.1, 0.15) is 0 Å². The summed E-state index contributed by atoms with van der Waals surface area (Å²) in [4.78, 5) is 16.7. The van der Waals surface area contributed by atoms with E-state index in [-0.39, 0.29) is 17.5 Å². The quantitative estimate of drug-likeness (QED) is 0.769. The zero-order valence-electron chi connectivity index (χ0n) is 13.1. The molecule has 112 valence electrons. The molecular weight excluding hydrogens is 240 g/mol. The molecule has 0 aromatic heterocycles. The van der Waals surface area contributed by atoms with Crippen molar-refractivity contribution in [2.45, 2.75) is 51.7 Å². The lowest BCUT2D eigenvalue weighted by atomic mass is 10.0. The molecule has 0 spiro atoms. The van der Waals surface area contributed by atoms with Crippen LogP contribution >= 0.6 is 0 Å². The number of amides is 1. The highest BCUT2D eigenvalue weighted by Gasteiger charge is 2.29. The van der Waals surface area contributed by atoms with Gasteiger partial charge in [-0.05, 0) is 34.7 Å². The highest BCUT2D eigenvalue weighted by atomic mass is 16.1. The third-order valence-corrected chi connectivity index (χ3v) is 3.56. The maximum Gasteiger partial charge on any atom is 0.222 e. The maximum atomic E-state index is 12.0. The van der Waals surface area contributed by atoms with Crippen LogP contribution in [0.1, 0.15) is 34.1 Å². The molecule has 1 aliphatic rings. The molecule has 0 radical (unpaired) electrons. The van der Waals surface area contributed by atoms with Crippen LogP contribution in [0.5, 0.6) is 0 Å². The van der Waals surface area contributed by atoms with E-state index in [2.05, 4.69) is 29.1 Å².